The van der Waals surface area contributed by atoms with E-state index in [0.717, 1.165) is 12.1 Å². The van der Waals surface area contributed by atoms with E-state index in [1.54, 1.807) is 23.8 Å². The average molecular weight is 435 g/mol. The molecule has 4 rings (SSSR count). The highest BCUT2D eigenvalue weighted by Crippen LogP contribution is 2.35. The summed E-state index contributed by atoms with van der Waals surface area (Å²) < 4.78 is 72.8. The van der Waals surface area contributed by atoms with Crippen LogP contribution in [0, 0.1) is 6.92 Å². The second-order valence-corrected chi connectivity index (χ2v) is 8.47. The molecule has 0 aliphatic rings. The van der Waals surface area contributed by atoms with E-state index in [4.69, 9.17) is 4.42 Å². The number of hydrogen-bond donors (Lipinski definition) is 1. The number of alkyl halides is 3. The summed E-state index contributed by atoms with van der Waals surface area (Å²) in [4.78, 5) is 4.13. The van der Waals surface area contributed by atoms with Crippen LogP contribution in [0.1, 0.15) is 11.5 Å². The van der Waals surface area contributed by atoms with Crippen molar-refractivity contribution in [2.24, 2.45) is 0 Å². The van der Waals surface area contributed by atoms with E-state index in [1.807, 2.05) is 0 Å². The molecule has 0 atom stereocenters. The van der Waals surface area contributed by atoms with Crippen molar-refractivity contribution in [2.45, 2.75) is 18.0 Å². The van der Waals surface area contributed by atoms with Crippen LogP contribution < -0.4 is 4.72 Å². The molecule has 0 spiro atoms. The number of aryl methyl sites for hydroxylation is 1. The Morgan fingerprint density at radius 3 is 2.37 bits per heavy atom. The zero-order chi connectivity index (χ0) is 21.7. The molecule has 2 aromatic heterocycles. The molecule has 1 N–H and O–H groups in total. The zero-order valence-electron chi connectivity index (χ0n) is 15.9. The van der Waals surface area contributed by atoms with Gasteiger partial charge in [0.25, 0.3) is 0 Å². The molecule has 0 aliphatic carbocycles. The third-order valence-corrected chi connectivity index (χ3v) is 6.13. The normalized spacial score (nSPS) is 12.6. The number of benzene rings is 2. The van der Waals surface area contributed by atoms with Gasteiger partial charge in [-0.15, -0.1) is 0 Å². The standard InChI is InChI=1S/C20H16F3N3O3S/c1-12-25-10-19(29-12)17-11-26(14-5-3-13(4-6-14)20(21,22)23)18-8-7-15(9-16(17)18)30(27,28)24-2/h3-11,24H,1-2H3. The molecule has 4 aromatic rings. The van der Waals surface area contributed by atoms with Crippen molar-refractivity contribution in [2.75, 3.05) is 7.05 Å². The number of nitrogens with zero attached hydrogens (tertiary/aromatic N) is 2. The van der Waals surface area contributed by atoms with Crippen molar-refractivity contribution in [1.82, 2.24) is 14.3 Å². The van der Waals surface area contributed by atoms with Crippen molar-refractivity contribution >= 4 is 20.9 Å². The van der Waals surface area contributed by atoms with Crippen molar-refractivity contribution in [1.29, 1.82) is 0 Å². The number of aromatic nitrogens is 2. The molecule has 30 heavy (non-hydrogen) atoms. The summed E-state index contributed by atoms with van der Waals surface area (Å²) in [5, 5.41) is 0.558. The van der Waals surface area contributed by atoms with Gasteiger partial charge in [0.15, 0.2) is 11.7 Å². The van der Waals surface area contributed by atoms with Crippen LogP contribution in [0.4, 0.5) is 13.2 Å². The van der Waals surface area contributed by atoms with E-state index in [2.05, 4.69) is 9.71 Å². The number of sulfonamides is 1. The Bertz CT molecular complexity index is 1340. The van der Waals surface area contributed by atoms with Gasteiger partial charge in [0.05, 0.1) is 22.2 Å². The minimum atomic E-state index is -4.43. The monoisotopic (exact) mass is 435 g/mol. The molecule has 2 aromatic carbocycles. The molecule has 0 bridgehead atoms. The quantitative estimate of drug-likeness (QED) is 0.511. The molecular weight excluding hydrogens is 419 g/mol. The van der Waals surface area contributed by atoms with Crippen LogP contribution in [0.2, 0.25) is 0 Å². The van der Waals surface area contributed by atoms with Gasteiger partial charge in [0, 0.05) is 29.8 Å². The van der Waals surface area contributed by atoms with E-state index in [-0.39, 0.29) is 4.90 Å². The predicted molar refractivity (Wildman–Crippen MR) is 105 cm³/mol. The largest absolute Gasteiger partial charge is 0.441 e. The van der Waals surface area contributed by atoms with Crippen LogP contribution in [-0.4, -0.2) is 25.0 Å². The Balaban J connectivity index is 1.95. The van der Waals surface area contributed by atoms with E-state index in [1.165, 1.54) is 37.5 Å². The zero-order valence-corrected chi connectivity index (χ0v) is 16.7. The van der Waals surface area contributed by atoms with E-state index < -0.39 is 21.8 Å². The second-order valence-electron chi connectivity index (χ2n) is 6.59. The summed E-state index contributed by atoms with van der Waals surface area (Å²) in [5.74, 6) is 0.849. The Morgan fingerprint density at radius 1 is 1.10 bits per heavy atom. The molecule has 0 saturated heterocycles. The smallest absolute Gasteiger partial charge is 0.416 e. The van der Waals surface area contributed by atoms with Crippen molar-refractivity contribution in [3.05, 3.63) is 66.3 Å². The lowest BCUT2D eigenvalue weighted by Gasteiger charge is -2.09. The lowest BCUT2D eigenvalue weighted by Crippen LogP contribution is -2.18. The first kappa shape index (κ1) is 20.2. The molecule has 0 radical (unpaired) electrons. The van der Waals surface area contributed by atoms with Gasteiger partial charge in [-0.2, -0.15) is 13.2 Å². The lowest BCUT2D eigenvalue weighted by atomic mass is 10.1. The number of nitrogens with one attached hydrogen (secondary N) is 1. The van der Waals surface area contributed by atoms with Crippen LogP contribution in [-0.2, 0) is 16.2 Å². The lowest BCUT2D eigenvalue weighted by molar-refractivity contribution is -0.137. The Hall–Kier alpha value is -3.11. The second kappa shape index (κ2) is 6.99. The van der Waals surface area contributed by atoms with Crippen LogP contribution in [0.5, 0.6) is 0 Å². The number of halogens is 3. The highest BCUT2D eigenvalue weighted by atomic mass is 32.2. The molecule has 2 heterocycles. The molecule has 0 aliphatic heterocycles. The van der Waals surface area contributed by atoms with Gasteiger partial charge in [-0.05, 0) is 49.5 Å². The van der Waals surface area contributed by atoms with Gasteiger partial charge < -0.3 is 8.98 Å². The molecule has 0 amide bonds. The van der Waals surface area contributed by atoms with Crippen LogP contribution in [0.15, 0.2) is 64.2 Å². The maximum Gasteiger partial charge on any atom is 0.416 e. The topological polar surface area (TPSA) is 77.1 Å². The third kappa shape index (κ3) is 3.48. The fraction of sp³-hybridized carbons (Fsp3) is 0.150. The highest BCUT2D eigenvalue weighted by Gasteiger charge is 2.30. The van der Waals surface area contributed by atoms with Crippen LogP contribution in [0.25, 0.3) is 27.9 Å². The third-order valence-electron chi connectivity index (χ3n) is 4.71. The fourth-order valence-electron chi connectivity index (χ4n) is 3.20. The molecule has 0 fully saturated rings. The predicted octanol–water partition coefficient (Wildman–Crippen LogP) is 4.52. The summed E-state index contributed by atoms with van der Waals surface area (Å²) in [6, 6.07) is 9.24. The first-order valence-corrected chi connectivity index (χ1v) is 10.3. The Kier molecular flexibility index (Phi) is 4.70. The summed E-state index contributed by atoms with van der Waals surface area (Å²) in [6.07, 6.45) is -1.24. The number of fused-ring (bicyclic) bond motifs is 1. The van der Waals surface area contributed by atoms with Gasteiger partial charge >= 0.3 is 6.18 Å². The summed E-state index contributed by atoms with van der Waals surface area (Å²) >= 11 is 0. The molecule has 156 valence electrons. The Morgan fingerprint density at radius 2 is 1.80 bits per heavy atom. The van der Waals surface area contributed by atoms with Crippen molar-refractivity contribution < 1.29 is 26.0 Å². The van der Waals surface area contributed by atoms with Gasteiger partial charge in [0.2, 0.25) is 10.0 Å². The van der Waals surface area contributed by atoms with Gasteiger partial charge in [0.1, 0.15) is 0 Å². The molecule has 6 nitrogen and oxygen atoms in total. The summed E-state index contributed by atoms with van der Waals surface area (Å²) in [7, 11) is -2.38. The molecule has 10 heteroatoms. The molecule has 0 saturated carbocycles. The maximum atomic E-state index is 12.9. The summed E-state index contributed by atoms with van der Waals surface area (Å²) in [5.41, 5.74) is 0.906. The van der Waals surface area contributed by atoms with E-state index >= 15 is 0 Å². The van der Waals surface area contributed by atoms with Gasteiger partial charge in [-0.3, -0.25) is 0 Å². The molecule has 0 unspecified atom stereocenters. The van der Waals surface area contributed by atoms with Crippen molar-refractivity contribution in [3.8, 4) is 17.0 Å². The average Bonchev–Trinajstić information content (AvgIpc) is 3.30. The SMILES string of the molecule is CNS(=O)(=O)c1ccc2c(c1)c(-c1cnc(C)o1)cn2-c1ccc(C(F)(F)F)cc1. The number of hydrogen-bond acceptors (Lipinski definition) is 4. The first-order valence-electron chi connectivity index (χ1n) is 8.79. The minimum Gasteiger partial charge on any atom is -0.441 e. The Labute approximate surface area is 170 Å². The number of rotatable bonds is 4. The maximum absolute atomic E-state index is 12.9. The van der Waals surface area contributed by atoms with E-state index in [9.17, 15) is 21.6 Å². The van der Waals surface area contributed by atoms with E-state index in [0.29, 0.717) is 33.8 Å². The minimum absolute atomic E-state index is 0.0557. The number of oxazole rings is 1. The molecular formula is C20H16F3N3O3S. The van der Waals surface area contributed by atoms with Crippen LogP contribution >= 0.6 is 0 Å². The summed E-state index contributed by atoms with van der Waals surface area (Å²) in [6.45, 7) is 1.68. The first-order chi connectivity index (χ1) is 14.1. The van der Waals surface area contributed by atoms with Crippen LogP contribution in [0.3, 0.4) is 0 Å². The van der Waals surface area contributed by atoms with Gasteiger partial charge in [-0.1, -0.05) is 0 Å². The van der Waals surface area contributed by atoms with Gasteiger partial charge in [-0.25, -0.2) is 18.1 Å². The highest BCUT2D eigenvalue weighted by molar-refractivity contribution is 7.89. The fourth-order valence-corrected chi connectivity index (χ4v) is 3.96. The van der Waals surface area contributed by atoms with Crippen molar-refractivity contribution in [3.63, 3.8) is 0 Å².